The molecule has 2 aromatic rings. The highest BCUT2D eigenvalue weighted by molar-refractivity contribution is 5.91. The van der Waals surface area contributed by atoms with Crippen LogP contribution < -0.4 is 5.32 Å². The number of rotatable bonds is 3. The van der Waals surface area contributed by atoms with Gasteiger partial charge in [0.05, 0.1) is 5.69 Å². The van der Waals surface area contributed by atoms with Gasteiger partial charge in [0.1, 0.15) is 0 Å². The number of amides is 2. The first kappa shape index (κ1) is 14.3. The van der Waals surface area contributed by atoms with Crippen LogP contribution in [0.2, 0.25) is 0 Å². The zero-order chi connectivity index (χ0) is 16.0. The number of urea groups is 1. The molecule has 1 saturated heterocycles. The van der Waals surface area contributed by atoms with Gasteiger partial charge in [-0.05, 0) is 55.9 Å². The molecule has 2 heterocycles. The van der Waals surface area contributed by atoms with Crippen molar-refractivity contribution in [2.24, 2.45) is 13.0 Å². The summed E-state index contributed by atoms with van der Waals surface area (Å²) in [5, 5.41) is 7.51. The third-order valence-corrected chi connectivity index (χ3v) is 4.97. The van der Waals surface area contributed by atoms with E-state index in [2.05, 4.69) is 17.3 Å². The number of nitrogens with one attached hydrogen (secondary N) is 1. The van der Waals surface area contributed by atoms with E-state index in [4.69, 9.17) is 0 Å². The van der Waals surface area contributed by atoms with Gasteiger partial charge in [-0.15, -0.1) is 0 Å². The number of carbonyl (C=O) groups is 1. The number of carbonyl (C=O) groups excluding carboxylic acids is 1. The highest BCUT2D eigenvalue weighted by Crippen LogP contribution is 2.41. The highest BCUT2D eigenvalue weighted by atomic mass is 16.2. The number of benzene rings is 1. The summed E-state index contributed by atoms with van der Waals surface area (Å²) < 4.78 is 1.79. The number of aromatic nitrogens is 2. The molecule has 2 amide bonds. The van der Waals surface area contributed by atoms with Crippen molar-refractivity contribution in [1.82, 2.24) is 14.7 Å². The van der Waals surface area contributed by atoms with Crippen molar-refractivity contribution in [1.29, 1.82) is 0 Å². The Balaban J connectivity index is 1.52. The van der Waals surface area contributed by atoms with Gasteiger partial charge in [-0.25, -0.2) is 4.79 Å². The fourth-order valence-corrected chi connectivity index (χ4v) is 3.36. The lowest BCUT2D eigenvalue weighted by Gasteiger charge is -2.41. The van der Waals surface area contributed by atoms with Crippen molar-refractivity contribution < 1.29 is 4.79 Å². The maximum absolute atomic E-state index is 12.5. The number of anilines is 1. The van der Waals surface area contributed by atoms with Crippen molar-refractivity contribution in [3.63, 3.8) is 0 Å². The summed E-state index contributed by atoms with van der Waals surface area (Å²) in [5.74, 6) is 0.747. The zero-order valence-electron chi connectivity index (χ0n) is 13.6. The van der Waals surface area contributed by atoms with Crippen molar-refractivity contribution in [3.05, 3.63) is 36.0 Å². The summed E-state index contributed by atoms with van der Waals surface area (Å²) in [4.78, 5) is 14.5. The van der Waals surface area contributed by atoms with Gasteiger partial charge in [0.25, 0.3) is 0 Å². The maximum atomic E-state index is 12.5. The van der Waals surface area contributed by atoms with Gasteiger partial charge >= 0.3 is 6.03 Å². The minimum atomic E-state index is 0.0315. The first-order chi connectivity index (χ1) is 11.1. The second-order valence-corrected chi connectivity index (χ2v) is 6.72. The molecular formula is C18H22N4O. The molecule has 5 nitrogen and oxygen atoms in total. The van der Waals surface area contributed by atoms with Crippen molar-refractivity contribution in [2.45, 2.75) is 32.2 Å². The van der Waals surface area contributed by atoms with Gasteiger partial charge in [0.15, 0.2) is 0 Å². The summed E-state index contributed by atoms with van der Waals surface area (Å²) in [5.41, 5.74) is 3.98. The zero-order valence-corrected chi connectivity index (χ0v) is 13.6. The third kappa shape index (κ3) is 2.71. The first-order valence-electron chi connectivity index (χ1n) is 8.30. The topological polar surface area (TPSA) is 50.2 Å². The molecule has 23 heavy (non-hydrogen) atoms. The lowest BCUT2D eigenvalue weighted by atomic mass is 9.99. The Hall–Kier alpha value is -2.30. The second-order valence-electron chi connectivity index (χ2n) is 6.72. The van der Waals surface area contributed by atoms with Crippen LogP contribution in [0.4, 0.5) is 10.5 Å². The Morgan fingerprint density at radius 1 is 1.26 bits per heavy atom. The Bertz CT molecular complexity index is 747. The van der Waals surface area contributed by atoms with Gasteiger partial charge < -0.3 is 10.2 Å². The molecule has 1 atom stereocenters. The van der Waals surface area contributed by atoms with Crippen LogP contribution in [0.1, 0.15) is 24.8 Å². The molecule has 0 bridgehead atoms. The van der Waals surface area contributed by atoms with Gasteiger partial charge in [-0.3, -0.25) is 4.68 Å². The molecule has 1 aromatic heterocycles. The van der Waals surface area contributed by atoms with E-state index in [0.717, 1.165) is 41.4 Å². The average molecular weight is 310 g/mol. The van der Waals surface area contributed by atoms with Crippen LogP contribution in [0.15, 0.2) is 30.5 Å². The molecule has 1 aromatic carbocycles. The fourth-order valence-electron chi connectivity index (χ4n) is 3.36. The largest absolute Gasteiger partial charge is 0.322 e. The van der Waals surface area contributed by atoms with Gasteiger partial charge in [-0.2, -0.15) is 5.10 Å². The standard InChI is InChI=1S/C18H22N4O/c1-12-3-6-14(11-15(12)16-7-9-21(2)20-16)19-18(23)22-10-8-17(22)13-4-5-13/h3,6-7,9,11,13,17H,4-5,8,10H2,1-2H3,(H,19,23)/t17-/m0/s1. The summed E-state index contributed by atoms with van der Waals surface area (Å²) in [6.07, 6.45) is 5.65. The number of nitrogens with zero attached hydrogens (tertiary/aromatic N) is 3. The predicted molar refractivity (Wildman–Crippen MR) is 90.2 cm³/mol. The summed E-state index contributed by atoms with van der Waals surface area (Å²) >= 11 is 0. The van der Waals surface area contributed by atoms with E-state index in [0.29, 0.717) is 6.04 Å². The van der Waals surface area contributed by atoms with Gasteiger partial charge in [-0.1, -0.05) is 6.07 Å². The molecule has 2 aliphatic rings. The van der Waals surface area contributed by atoms with Crippen LogP contribution in [-0.2, 0) is 7.05 Å². The molecule has 1 aliphatic heterocycles. The predicted octanol–water partition coefficient (Wildman–Crippen LogP) is 3.41. The van der Waals surface area contributed by atoms with Crippen LogP contribution in [-0.4, -0.2) is 33.3 Å². The van der Waals surface area contributed by atoms with Crippen LogP contribution >= 0.6 is 0 Å². The maximum Gasteiger partial charge on any atom is 0.322 e. The molecule has 1 saturated carbocycles. The molecule has 4 rings (SSSR count). The lowest BCUT2D eigenvalue weighted by molar-refractivity contribution is 0.111. The van der Waals surface area contributed by atoms with Crippen LogP contribution in [0.5, 0.6) is 0 Å². The highest BCUT2D eigenvalue weighted by Gasteiger charge is 2.42. The Morgan fingerprint density at radius 3 is 2.70 bits per heavy atom. The summed E-state index contributed by atoms with van der Waals surface area (Å²) in [6, 6.07) is 8.51. The van der Waals surface area contributed by atoms with E-state index >= 15 is 0 Å². The van der Waals surface area contributed by atoms with Gasteiger partial charge in [0.2, 0.25) is 0 Å². The molecule has 1 aliphatic carbocycles. The molecule has 0 unspecified atom stereocenters. The quantitative estimate of drug-likeness (QED) is 0.944. The first-order valence-corrected chi connectivity index (χ1v) is 8.30. The number of hydrogen-bond donors (Lipinski definition) is 1. The minimum Gasteiger partial charge on any atom is -0.321 e. The molecule has 5 heteroatoms. The van der Waals surface area contributed by atoms with Crippen molar-refractivity contribution >= 4 is 11.7 Å². The SMILES string of the molecule is Cc1ccc(NC(=O)N2CC[C@H]2C2CC2)cc1-c1ccn(C)n1. The average Bonchev–Trinajstić information content (AvgIpc) is 3.20. The van der Waals surface area contributed by atoms with Crippen molar-refractivity contribution in [2.75, 3.05) is 11.9 Å². The Morgan fingerprint density at radius 2 is 2.09 bits per heavy atom. The third-order valence-electron chi connectivity index (χ3n) is 4.97. The minimum absolute atomic E-state index is 0.0315. The Kier molecular flexibility index (Phi) is 3.36. The number of hydrogen-bond acceptors (Lipinski definition) is 2. The summed E-state index contributed by atoms with van der Waals surface area (Å²) in [6.45, 7) is 2.94. The van der Waals surface area contributed by atoms with E-state index in [1.807, 2.05) is 42.4 Å². The smallest absolute Gasteiger partial charge is 0.321 e. The van der Waals surface area contributed by atoms with Gasteiger partial charge in [0, 0.05) is 37.1 Å². The second kappa shape index (κ2) is 5.41. The van der Waals surface area contributed by atoms with Crippen LogP contribution in [0, 0.1) is 12.8 Å². The number of aryl methyl sites for hydroxylation is 2. The molecule has 120 valence electrons. The van der Waals surface area contributed by atoms with E-state index < -0.39 is 0 Å². The van der Waals surface area contributed by atoms with Crippen LogP contribution in [0.3, 0.4) is 0 Å². The molecule has 0 radical (unpaired) electrons. The van der Waals surface area contributed by atoms with Crippen molar-refractivity contribution in [3.8, 4) is 11.3 Å². The molecule has 1 N–H and O–H groups in total. The molecule has 0 spiro atoms. The summed E-state index contributed by atoms with van der Waals surface area (Å²) in [7, 11) is 1.91. The molecular weight excluding hydrogens is 288 g/mol. The lowest BCUT2D eigenvalue weighted by Crippen LogP contribution is -2.53. The van der Waals surface area contributed by atoms with E-state index in [-0.39, 0.29) is 6.03 Å². The normalized spacial score (nSPS) is 20.3. The van der Waals surface area contributed by atoms with Crippen LogP contribution in [0.25, 0.3) is 11.3 Å². The number of likely N-dealkylation sites (tertiary alicyclic amines) is 1. The fraction of sp³-hybridized carbons (Fsp3) is 0.444. The van der Waals surface area contributed by atoms with E-state index in [9.17, 15) is 4.79 Å². The van der Waals surface area contributed by atoms with E-state index in [1.54, 1.807) is 4.68 Å². The Labute approximate surface area is 136 Å². The van der Waals surface area contributed by atoms with E-state index in [1.165, 1.54) is 12.8 Å². The monoisotopic (exact) mass is 310 g/mol. The molecule has 2 fully saturated rings.